The minimum atomic E-state index is -4.90. The highest BCUT2D eigenvalue weighted by Crippen LogP contribution is 2.35. The fourth-order valence-electron chi connectivity index (χ4n) is 4.82. The van der Waals surface area contributed by atoms with Gasteiger partial charge in [-0.1, -0.05) is 60.2 Å². The van der Waals surface area contributed by atoms with Gasteiger partial charge >= 0.3 is 6.18 Å². The minimum absolute atomic E-state index is 0.0148. The van der Waals surface area contributed by atoms with E-state index in [2.05, 4.69) is 4.98 Å². The first-order valence-corrected chi connectivity index (χ1v) is 12.2. The molecule has 1 N–H and O–H groups in total. The fourth-order valence-corrected chi connectivity index (χ4v) is 4.82. The summed E-state index contributed by atoms with van der Waals surface area (Å²) in [5.41, 5.74) is 1.76. The molecule has 0 spiro atoms. The molecule has 0 bridgehead atoms. The van der Waals surface area contributed by atoms with Gasteiger partial charge in [-0.2, -0.15) is 18.4 Å². The molecule has 2 heterocycles. The third-order valence-electron chi connectivity index (χ3n) is 6.90. The van der Waals surface area contributed by atoms with Crippen LogP contribution in [0.2, 0.25) is 0 Å². The third kappa shape index (κ3) is 4.87. The van der Waals surface area contributed by atoms with Crippen LogP contribution in [0.4, 0.5) is 13.2 Å². The van der Waals surface area contributed by atoms with Crippen LogP contribution in [0.1, 0.15) is 38.3 Å². The van der Waals surface area contributed by atoms with E-state index in [4.69, 9.17) is 0 Å². The average molecular weight is 541 g/mol. The Kier molecular flexibility index (Phi) is 6.56. The van der Waals surface area contributed by atoms with Crippen LogP contribution in [0.15, 0.2) is 77.6 Å². The molecule has 0 radical (unpaired) electrons. The lowest BCUT2D eigenvalue weighted by Crippen LogP contribution is -2.29. The second-order valence-corrected chi connectivity index (χ2v) is 9.60. The zero-order chi connectivity index (χ0) is 28.8. The lowest BCUT2D eigenvalue weighted by Gasteiger charge is -2.19. The van der Waals surface area contributed by atoms with Crippen LogP contribution in [0.3, 0.4) is 0 Å². The van der Waals surface area contributed by atoms with Crippen molar-refractivity contribution < 1.29 is 23.1 Å². The summed E-state index contributed by atoms with van der Waals surface area (Å²) in [6.07, 6.45) is -4.90. The van der Waals surface area contributed by atoms with Crippen molar-refractivity contribution in [3.63, 3.8) is 0 Å². The van der Waals surface area contributed by atoms with Crippen molar-refractivity contribution in [3.8, 4) is 28.5 Å². The van der Waals surface area contributed by atoms with Crippen LogP contribution >= 0.6 is 0 Å². The number of hydrogen-bond acceptors (Lipinski definition) is 4. The van der Waals surface area contributed by atoms with Crippen LogP contribution in [0.5, 0.6) is 0 Å². The summed E-state index contributed by atoms with van der Waals surface area (Å²) in [5, 5.41) is 21.3. The van der Waals surface area contributed by atoms with Gasteiger partial charge < -0.3 is 19.5 Å². The van der Waals surface area contributed by atoms with E-state index >= 15 is 0 Å². The molecule has 0 atom stereocenters. The topological polar surface area (TPSA) is 102 Å². The minimum Gasteiger partial charge on any atom is -0.543 e. The number of benzene rings is 3. The number of aromatic carboxylic acids is 1. The summed E-state index contributed by atoms with van der Waals surface area (Å²) in [6.45, 7) is 3.75. The molecule has 40 heavy (non-hydrogen) atoms. The zero-order valence-electron chi connectivity index (χ0n) is 21.4. The normalized spacial score (nSPS) is 11.5. The predicted molar refractivity (Wildman–Crippen MR) is 142 cm³/mol. The number of carbonyl (C=O) groups excluding carboxylic acids is 1. The molecule has 5 rings (SSSR count). The van der Waals surface area contributed by atoms with Gasteiger partial charge in [0.15, 0.2) is 0 Å². The largest absolute Gasteiger partial charge is 0.543 e. The number of aromatic nitrogens is 2. The Hall–Kier alpha value is -5.10. The van der Waals surface area contributed by atoms with Crippen molar-refractivity contribution in [3.05, 3.63) is 117 Å². The molecule has 0 saturated heterocycles. The number of hydrogen-bond donors (Lipinski definition) is 1. The molecule has 3 aromatic carbocycles. The Balaban J connectivity index is 1.63. The van der Waals surface area contributed by atoms with E-state index in [-0.39, 0.29) is 17.9 Å². The lowest BCUT2D eigenvalue weighted by molar-refractivity contribution is -0.255. The molecule has 0 fully saturated rings. The summed E-state index contributed by atoms with van der Waals surface area (Å²) in [4.78, 5) is 27.3. The number of fused-ring (bicyclic) bond motifs is 1. The quantitative estimate of drug-likeness (QED) is 0.314. The standard InChI is InChI=1S/C31H22F3N3O3/c1-17-3-4-23(18(2)11-17)16-37-28(14-25(31(32,33)34)24(15-35)29(37)38)20-7-5-19(6-8-20)21-9-10-22-13-27(30(39)40)36-26(22)12-21/h3-14,36H,16H2,1-2H3,(H,39,40)/p-1. The van der Waals surface area contributed by atoms with Gasteiger partial charge in [0.1, 0.15) is 11.6 Å². The van der Waals surface area contributed by atoms with Crippen LogP contribution in [-0.4, -0.2) is 15.5 Å². The SMILES string of the molecule is Cc1ccc(Cn2c(-c3ccc(-c4ccc5cc(C(=O)[O-])[nH]c5c4)cc3)cc(C(F)(F)F)c(C#N)c2=O)c(C)c1. The van der Waals surface area contributed by atoms with Gasteiger partial charge in [-0.05, 0) is 59.9 Å². The summed E-state index contributed by atoms with van der Waals surface area (Å²) < 4.78 is 42.9. The number of alkyl halides is 3. The maximum atomic E-state index is 13.9. The molecule has 5 aromatic rings. The average Bonchev–Trinajstić information content (AvgIpc) is 3.34. The maximum absolute atomic E-state index is 13.9. The molecular formula is C31H21F3N3O3-. The van der Waals surface area contributed by atoms with Gasteiger partial charge in [0.2, 0.25) is 0 Å². The Morgan fingerprint density at radius 3 is 2.25 bits per heavy atom. The number of rotatable bonds is 5. The second kappa shape index (κ2) is 9.89. The van der Waals surface area contributed by atoms with Gasteiger partial charge in [-0.15, -0.1) is 0 Å². The van der Waals surface area contributed by atoms with Crippen molar-refractivity contribution >= 4 is 16.9 Å². The highest BCUT2D eigenvalue weighted by molar-refractivity contribution is 5.94. The second-order valence-electron chi connectivity index (χ2n) is 9.60. The van der Waals surface area contributed by atoms with E-state index in [1.165, 1.54) is 16.7 Å². The molecule has 0 unspecified atom stereocenters. The number of nitrogens with zero attached hydrogens (tertiary/aromatic N) is 2. The lowest BCUT2D eigenvalue weighted by atomic mass is 9.99. The van der Waals surface area contributed by atoms with Gasteiger partial charge in [0, 0.05) is 10.9 Å². The Bertz CT molecular complexity index is 1890. The molecule has 2 aromatic heterocycles. The summed E-state index contributed by atoms with van der Waals surface area (Å²) >= 11 is 0. The van der Waals surface area contributed by atoms with E-state index < -0.39 is 28.8 Å². The number of carboxylic acids is 1. The molecule has 0 aliphatic carbocycles. The molecule has 0 aliphatic heterocycles. The molecule has 0 saturated carbocycles. The van der Waals surface area contributed by atoms with Crippen molar-refractivity contribution in [2.24, 2.45) is 0 Å². The fraction of sp³-hybridized carbons (Fsp3) is 0.129. The first-order valence-electron chi connectivity index (χ1n) is 12.2. The number of carbonyl (C=O) groups is 1. The number of nitriles is 1. The van der Waals surface area contributed by atoms with E-state index in [9.17, 15) is 33.1 Å². The van der Waals surface area contributed by atoms with Crippen molar-refractivity contribution in [2.45, 2.75) is 26.6 Å². The zero-order valence-corrected chi connectivity index (χ0v) is 21.4. The monoisotopic (exact) mass is 540 g/mol. The highest BCUT2D eigenvalue weighted by Gasteiger charge is 2.36. The summed E-state index contributed by atoms with van der Waals surface area (Å²) in [6, 6.07) is 21.3. The van der Waals surface area contributed by atoms with Crippen molar-refractivity contribution in [1.29, 1.82) is 5.26 Å². The Morgan fingerprint density at radius 2 is 1.62 bits per heavy atom. The van der Waals surface area contributed by atoms with E-state index in [0.717, 1.165) is 33.9 Å². The first-order chi connectivity index (χ1) is 19.0. The number of aromatic amines is 1. The number of pyridine rings is 1. The van der Waals surface area contributed by atoms with Crippen LogP contribution in [-0.2, 0) is 12.7 Å². The predicted octanol–water partition coefficient (Wildman–Crippen LogP) is 5.58. The van der Waals surface area contributed by atoms with E-state index in [0.29, 0.717) is 16.5 Å². The van der Waals surface area contributed by atoms with Crippen molar-refractivity contribution in [1.82, 2.24) is 9.55 Å². The molecule has 6 nitrogen and oxygen atoms in total. The number of nitrogens with one attached hydrogen (secondary N) is 1. The highest BCUT2D eigenvalue weighted by atomic mass is 19.4. The number of aryl methyl sites for hydroxylation is 2. The van der Waals surface area contributed by atoms with Crippen LogP contribution < -0.4 is 10.7 Å². The molecule has 0 amide bonds. The molecule has 9 heteroatoms. The van der Waals surface area contributed by atoms with Gasteiger partial charge in [-0.3, -0.25) is 4.79 Å². The Labute approximate surface area is 226 Å². The molecular weight excluding hydrogens is 519 g/mol. The van der Waals surface area contributed by atoms with Crippen LogP contribution in [0.25, 0.3) is 33.3 Å². The first kappa shape index (κ1) is 26.5. The van der Waals surface area contributed by atoms with Crippen LogP contribution in [0, 0.1) is 25.2 Å². The Morgan fingerprint density at radius 1 is 0.950 bits per heavy atom. The maximum Gasteiger partial charge on any atom is 0.417 e. The smallest absolute Gasteiger partial charge is 0.417 e. The number of H-pyrrole nitrogens is 1. The van der Waals surface area contributed by atoms with Crippen molar-refractivity contribution in [2.75, 3.05) is 0 Å². The third-order valence-corrected chi connectivity index (χ3v) is 6.90. The number of carboxylic acid groups (broad SMARTS) is 1. The van der Waals surface area contributed by atoms with E-state index in [1.807, 2.05) is 32.0 Å². The summed E-state index contributed by atoms with van der Waals surface area (Å²) in [7, 11) is 0. The van der Waals surface area contributed by atoms with E-state index in [1.54, 1.807) is 42.5 Å². The summed E-state index contributed by atoms with van der Waals surface area (Å²) in [5.74, 6) is -1.32. The van der Waals surface area contributed by atoms with Gasteiger partial charge in [-0.25, -0.2) is 0 Å². The van der Waals surface area contributed by atoms with Gasteiger partial charge in [0.25, 0.3) is 5.56 Å². The van der Waals surface area contributed by atoms with Gasteiger partial charge in [0.05, 0.1) is 29.5 Å². The molecule has 0 aliphatic rings. The molecule has 200 valence electrons. The number of halogens is 3.